The van der Waals surface area contributed by atoms with Gasteiger partial charge in [-0.1, -0.05) is 0 Å². The van der Waals surface area contributed by atoms with Gasteiger partial charge in [0, 0.05) is 24.2 Å². The topological polar surface area (TPSA) is 67.9 Å². The second kappa shape index (κ2) is 5.19. The highest BCUT2D eigenvalue weighted by atomic mass is 16.7. The maximum atomic E-state index is 12.4. The van der Waals surface area contributed by atoms with Crippen molar-refractivity contribution >= 4 is 11.8 Å². The lowest BCUT2D eigenvalue weighted by atomic mass is 9.96. The maximum absolute atomic E-state index is 12.4. The lowest BCUT2D eigenvalue weighted by molar-refractivity contribution is -0.130. The van der Waals surface area contributed by atoms with E-state index in [2.05, 4.69) is 5.32 Å². The van der Waals surface area contributed by atoms with Crippen LogP contribution in [0.15, 0.2) is 18.2 Å². The summed E-state index contributed by atoms with van der Waals surface area (Å²) in [5.74, 6) is 1.04. The Bertz CT molecular complexity index is 615. The van der Waals surface area contributed by atoms with Crippen LogP contribution in [0.4, 0.5) is 0 Å². The molecule has 1 fully saturated rings. The fourth-order valence-corrected chi connectivity index (χ4v) is 2.49. The van der Waals surface area contributed by atoms with Gasteiger partial charge in [-0.2, -0.15) is 0 Å². The van der Waals surface area contributed by atoms with Gasteiger partial charge in [0.1, 0.15) is 0 Å². The number of amides is 2. The van der Waals surface area contributed by atoms with Gasteiger partial charge in [-0.25, -0.2) is 0 Å². The number of ether oxygens (including phenoxy) is 2. The van der Waals surface area contributed by atoms with Crippen LogP contribution in [0.5, 0.6) is 11.5 Å². The summed E-state index contributed by atoms with van der Waals surface area (Å²) >= 11 is 0. The van der Waals surface area contributed by atoms with E-state index in [-0.39, 0.29) is 30.1 Å². The monoisotopic (exact) mass is 304 g/mol. The molecule has 0 spiro atoms. The molecule has 2 aliphatic heterocycles. The Balaban J connectivity index is 1.59. The molecule has 0 aliphatic carbocycles. The molecule has 6 heteroatoms. The van der Waals surface area contributed by atoms with E-state index in [1.165, 1.54) is 0 Å². The van der Waals surface area contributed by atoms with E-state index < -0.39 is 0 Å². The first-order chi connectivity index (χ1) is 10.3. The molecule has 0 unspecified atom stereocenters. The van der Waals surface area contributed by atoms with E-state index in [1.54, 1.807) is 23.1 Å². The molecule has 1 aromatic rings. The van der Waals surface area contributed by atoms with Crippen LogP contribution in [0.25, 0.3) is 0 Å². The highest BCUT2D eigenvalue weighted by molar-refractivity contribution is 5.96. The first-order valence-electron chi connectivity index (χ1n) is 7.34. The first kappa shape index (κ1) is 14.7. The summed E-state index contributed by atoms with van der Waals surface area (Å²) in [5, 5.41) is 2.94. The molecule has 2 aliphatic rings. The lowest BCUT2D eigenvalue weighted by Gasteiger charge is -2.39. The molecule has 0 aromatic heterocycles. The van der Waals surface area contributed by atoms with Crippen molar-refractivity contribution in [2.45, 2.75) is 26.3 Å². The van der Waals surface area contributed by atoms with Crippen molar-refractivity contribution in [3.63, 3.8) is 0 Å². The zero-order valence-corrected chi connectivity index (χ0v) is 13.0. The lowest BCUT2D eigenvalue weighted by Crippen LogP contribution is -2.58. The second-order valence-corrected chi connectivity index (χ2v) is 6.71. The third kappa shape index (κ3) is 2.86. The minimum Gasteiger partial charge on any atom is -0.454 e. The molecule has 1 N–H and O–H groups in total. The number of benzene rings is 1. The molecule has 2 amide bonds. The van der Waals surface area contributed by atoms with E-state index in [9.17, 15) is 9.59 Å². The molecular weight excluding hydrogens is 284 g/mol. The van der Waals surface area contributed by atoms with Gasteiger partial charge in [-0.15, -0.1) is 0 Å². The van der Waals surface area contributed by atoms with Crippen LogP contribution in [0, 0.1) is 5.92 Å². The Hall–Kier alpha value is -2.24. The van der Waals surface area contributed by atoms with Gasteiger partial charge < -0.3 is 19.7 Å². The number of nitrogens with one attached hydrogen (secondary N) is 1. The largest absolute Gasteiger partial charge is 0.454 e. The third-order valence-corrected chi connectivity index (χ3v) is 3.66. The van der Waals surface area contributed by atoms with Gasteiger partial charge in [-0.3, -0.25) is 9.59 Å². The van der Waals surface area contributed by atoms with Gasteiger partial charge in [0.25, 0.3) is 5.91 Å². The van der Waals surface area contributed by atoms with E-state index in [1.807, 2.05) is 20.8 Å². The van der Waals surface area contributed by atoms with Crippen molar-refractivity contribution in [1.29, 1.82) is 0 Å². The minimum atomic E-state index is -0.251. The summed E-state index contributed by atoms with van der Waals surface area (Å²) in [6.07, 6.45) is 0. The number of rotatable bonds is 2. The molecule has 22 heavy (non-hydrogen) atoms. The number of carbonyl (C=O) groups excluding carboxylic acids is 2. The summed E-state index contributed by atoms with van der Waals surface area (Å²) in [4.78, 5) is 26.1. The summed E-state index contributed by atoms with van der Waals surface area (Å²) in [5.41, 5.74) is 0.303. The average Bonchev–Trinajstić information content (AvgIpc) is 2.81. The van der Waals surface area contributed by atoms with Crippen LogP contribution < -0.4 is 14.8 Å². The van der Waals surface area contributed by atoms with Crippen molar-refractivity contribution in [2.24, 2.45) is 5.92 Å². The van der Waals surface area contributed by atoms with Crippen LogP contribution >= 0.6 is 0 Å². The van der Waals surface area contributed by atoms with E-state index >= 15 is 0 Å². The van der Waals surface area contributed by atoms with Crippen molar-refractivity contribution in [1.82, 2.24) is 10.2 Å². The highest BCUT2D eigenvalue weighted by Gasteiger charge is 2.37. The highest BCUT2D eigenvalue weighted by Crippen LogP contribution is 2.33. The molecular formula is C16H20N2O4. The Morgan fingerprint density at radius 3 is 2.55 bits per heavy atom. The van der Waals surface area contributed by atoms with Crippen LogP contribution in [-0.4, -0.2) is 42.1 Å². The van der Waals surface area contributed by atoms with Crippen LogP contribution in [-0.2, 0) is 4.79 Å². The number of nitrogens with zero attached hydrogens (tertiary/aromatic N) is 1. The number of fused-ring (bicyclic) bond motifs is 1. The summed E-state index contributed by atoms with van der Waals surface area (Å²) < 4.78 is 10.5. The minimum absolute atomic E-state index is 0.00207. The number of hydrogen-bond donors (Lipinski definition) is 1. The van der Waals surface area contributed by atoms with Gasteiger partial charge >= 0.3 is 0 Å². The van der Waals surface area contributed by atoms with Crippen molar-refractivity contribution in [3.05, 3.63) is 23.8 Å². The normalized spacial score (nSPS) is 17.1. The van der Waals surface area contributed by atoms with Gasteiger partial charge in [0.15, 0.2) is 11.5 Å². The summed E-state index contributed by atoms with van der Waals surface area (Å²) in [6.45, 7) is 6.92. The van der Waals surface area contributed by atoms with Crippen LogP contribution in [0.2, 0.25) is 0 Å². The van der Waals surface area contributed by atoms with Crippen LogP contribution in [0.3, 0.4) is 0 Å². The molecule has 1 aromatic carbocycles. The second-order valence-electron chi connectivity index (χ2n) is 6.71. The SMILES string of the molecule is CC(C)(C)NC(=O)C1CN(C(=O)c2ccc3c(c2)OCO3)C1. The van der Waals surface area contributed by atoms with Gasteiger partial charge in [-0.05, 0) is 39.0 Å². The smallest absolute Gasteiger partial charge is 0.254 e. The Morgan fingerprint density at radius 1 is 1.18 bits per heavy atom. The van der Waals surface area contributed by atoms with Gasteiger partial charge in [0.2, 0.25) is 12.7 Å². The average molecular weight is 304 g/mol. The Labute approximate surface area is 129 Å². The number of hydrogen-bond acceptors (Lipinski definition) is 4. The number of likely N-dealkylation sites (tertiary alicyclic amines) is 1. The van der Waals surface area contributed by atoms with Crippen molar-refractivity contribution in [2.75, 3.05) is 19.9 Å². The van der Waals surface area contributed by atoms with Crippen LogP contribution in [0.1, 0.15) is 31.1 Å². The Kier molecular flexibility index (Phi) is 3.47. The predicted octanol–water partition coefficient (Wildman–Crippen LogP) is 1.40. The molecule has 0 atom stereocenters. The molecule has 0 saturated carbocycles. The first-order valence-corrected chi connectivity index (χ1v) is 7.34. The van der Waals surface area contributed by atoms with Crippen molar-refractivity contribution < 1.29 is 19.1 Å². The number of carbonyl (C=O) groups is 2. The van der Waals surface area contributed by atoms with E-state index in [0.29, 0.717) is 30.2 Å². The Morgan fingerprint density at radius 2 is 1.86 bits per heavy atom. The molecule has 118 valence electrons. The molecule has 2 heterocycles. The molecule has 3 rings (SSSR count). The van der Waals surface area contributed by atoms with E-state index in [4.69, 9.17) is 9.47 Å². The van der Waals surface area contributed by atoms with E-state index in [0.717, 1.165) is 0 Å². The quantitative estimate of drug-likeness (QED) is 0.897. The predicted molar refractivity (Wildman–Crippen MR) is 79.9 cm³/mol. The fraction of sp³-hybridized carbons (Fsp3) is 0.500. The molecule has 0 radical (unpaired) electrons. The maximum Gasteiger partial charge on any atom is 0.254 e. The molecule has 1 saturated heterocycles. The third-order valence-electron chi connectivity index (χ3n) is 3.66. The molecule has 0 bridgehead atoms. The van der Waals surface area contributed by atoms with Gasteiger partial charge in [0.05, 0.1) is 5.92 Å². The molecule has 6 nitrogen and oxygen atoms in total. The standard InChI is InChI=1S/C16H20N2O4/c1-16(2,3)17-14(19)11-7-18(8-11)15(20)10-4-5-12-13(6-10)22-9-21-12/h4-6,11H,7-9H2,1-3H3,(H,17,19). The zero-order valence-electron chi connectivity index (χ0n) is 13.0. The summed E-state index contributed by atoms with van der Waals surface area (Å²) in [6, 6.07) is 5.14. The fourth-order valence-electron chi connectivity index (χ4n) is 2.49. The summed E-state index contributed by atoms with van der Waals surface area (Å²) in [7, 11) is 0. The zero-order chi connectivity index (χ0) is 15.9. The van der Waals surface area contributed by atoms with Crippen molar-refractivity contribution in [3.8, 4) is 11.5 Å².